The van der Waals surface area contributed by atoms with Gasteiger partial charge in [0.2, 0.25) is 5.91 Å². The van der Waals surface area contributed by atoms with Gasteiger partial charge in [-0.3, -0.25) is 4.79 Å². The molecule has 0 saturated carbocycles. The van der Waals surface area contributed by atoms with Crippen molar-refractivity contribution in [1.29, 1.82) is 0 Å². The second-order valence-corrected chi connectivity index (χ2v) is 5.70. The Morgan fingerprint density at radius 3 is 2.65 bits per heavy atom. The molecule has 6 nitrogen and oxygen atoms in total. The number of para-hydroxylation sites is 1. The molecular weight excluding hydrogens is 328 g/mol. The molecule has 26 heavy (non-hydrogen) atoms. The molecule has 2 aromatic rings. The number of primary amides is 1. The maximum atomic E-state index is 11.2. The lowest BCUT2D eigenvalue weighted by molar-refractivity contribution is 0.1000. The number of amides is 1. The van der Waals surface area contributed by atoms with Gasteiger partial charge in [-0.25, -0.2) is 4.99 Å². The van der Waals surface area contributed by atoms with Gasteiger partial charge in [-0.15, -0.1) is 0 Å². The minimum Gasteiger partial charge on any atom is -0.494 e. The van der Waals surface area contributed by atoms with E-state index in [-0.39, 0.29) is 0 Å². The van der Waals surface area contributed by atoms with Crippen molar-refractivity contribution >= 4 is 11.9 Å². The maximum absolute atomic E-state index is 11.2. The van der Waals surface area contributed by atoms with Crippen molar-refractivity contribution in [2.75, 3.05) is 19.7 Å². The summed E-state index contributed by atoms with van der Waals surface area (Å²) >= 11 is 0. The molecule has 0 aliphatic carbocycles. The van der Waals surface area contributed by atoms with E-state index in [4.69, 9.17) is 10.5 Å². The zero-order chi connectivity index (χ0) is 18.6. The molecule has 0 saturated heterocycles. The molecule has 4 N–H and O–H groups in total. The van der Waals surface area contributed by atoms with Crippen molar-refractivity contribution < 1.29 is 9.53 Å². The van der Waals surface area contributed by atoms with Crippen molar-refractivity contribution in [3.8, 4) is 5.75 Å². The van der Waals surface area contributed by atoms with Gasteiger partial charge < -0.3 is 21.1 Å². The second kappa shape index (κ2) is 10.8. The number of nitrogens with one attached hydrogen (secondary N) is 2. The quantitative estimate of drug-likeness (QED) is 0.366. The number of carbonyl (C=O) groups excluding carboxylic acids is 1. The van der Waals surface area contributed by atoms with Gasteiger partial charge in [0.25, 0.3) is 0 Å². The molecule has 0 unspecified atom stereocenters. The molecule has 0 fully saturated rings. The van der Waals surface area contributed by atoms with Crippen molar-refractivity contribution in [3.05, 3.63) is 65.7 Å². The van der Waals surface area contributed by atoms with Crippen LogP contribution in [0.5, 0.6) is 5.75 Å². The zero-order valence-electron chi connectivity index (χ0n) is 15.1. The third-order valence-electron chi connectivity index (χ3n) is 3.60. The van der Waals surface area contributed by atoms with Crippen LogP contribution in [0.25, 0.3) is 0 Å². The molecule has 2 aromatic carbocycles. The molecule has 1 amide bonds. The van der Waals surface area contributed by atoms with Gasteiger partial charge in [0, 0.05) is 18.7 Å². The fourth-order valence-electron chi connectivity index (χ4n) is 2.32. The highest BCUT2D eigenvalue weighted by Crippen LogP contribution is 2.08. The van der Waals surface area contributed by atoms with Gasteiger partial charge in [-0.2, -0.15) is 0 Å². The van der Waals surface area contributed by atoms with Crippen LogP contribution in [0.1, 0.15) is 29.3 Å². The molecule has 0 aromatic heterocycles. The van der Waals surface area contributed by atoms with Crippen LogP contribution in [-0.4, -0.2) is 31.6 Å². The van der Waals surface area contributed by atoms with Crippen molar-refractivity contribution in [1.82, 2.24) is 10.6 Å². The van der Waals surface area contributed by atoms with Crippen LogP contribution in [0.15, 0.2) is 59.6 Å². The van der Waals surface area contributed by atoms with Crippen LogP contribution in [-0.2, 0) is 6.54 Å². The lowest BCUT2D eigenvalue weighted by atomic mass is 10.1. The normalized spacial score (nSPS) is 11.0. The average Bonchev–Trinajstić information content (AvgIpc) is 2.66. The first-order chi connectivity index (χ1) is 12.7. The summed E-state index contributed by atoms with van der Waals surface area (Å²) in [6, 6.07) is 17.0. The molecular formula is C20H26N4O2. The number of rotatable bonds is 9. The van der Waals surface area contributed by atoms with Crippen LogP contribution in [0.4, 0.5) is 0 Å². The average molecular weight is 354 g/mol. The van der Waals surface area contributed by atoms with Crippen molar-refractivity contribution in [2.45, 2.75) is 19.9 Å². The Morgan fingerprint density at radius 1 is 1.12 bits per heavy atom. The van der Waals surface area contributed by atoms with Crippen LogP contribution in [0.3, 0.4) is 0 Å². The Hall–Kier alpha value is -3.02. The summed E-state index contributed by atoms with van der Waals surface area (Å²) < 4.78 is 5.67. The van der Waals surface area contributed by atoms with Gasteiger partial charge in [-0.05, 0) is 43.2 Å². The van der Waals surface area contributed by atoms with E-state index in [2.05, 4.69) is 15.6 Å². The molecule has 2 rings (SSSR count). The lowest BCUT2D eigenvalue weighted by Crippen LogP contribution is -2.38. The number of hydrogen-bond acceptors (Lipinski definition) is 3. The van der Waals surface area contributed by atoms with E-state index < -0.39 is 5.91 Å². The molecule has 0 heterocycles. The van der Waals surface area contributed by atoms with Gasteiger partial charge in [-0.1, -0.05) is 30.3 Å². The van der Waals surface area contributed by atoms with Crippen LogP contribution in [0, 0.1) is 0 Å². The number of benzene rings is 2. The zero-order valence-corrected chi connectivity index (χ0v) is 15.1. The number of guanidine groups is 1. The van der Waals surface area contributed by atoms with Gasteiger partial charge >= 0.3 is 0 Å². The van der Waals surface area contributed by atoms with Gasteiger partial charge in [0.15, 0.2) is 5.96 Å². The summed E-state index contributed by atoms with van der Waals surface area (Å²) in [5.74, 6) is 1.18. The van der Waals surface area contributed by atoms with E-state index in [1.807, 2.05) is 49.4 Å². The van der Waals surface area contributed by atoms with E-state index in [1.54, 1.807) is 12.1 Å². The first kappa shape index (κ1) is 19.3. The Bertz CT molecular complexity index is 717. The SMILES string of the molecule is CCNC(=NCc1cccc(C(N)=O)c1)NCCCOc1ccccc1. The Balaban J connectivity index is 1.79. The maximum Gasteiger partial charge on any atom is 0.248 e. The predicted molar refractivity (Wildman–Crippen MR) is 104 cm³/mol. The highest BCUT2D eigenvalue weighted by Gasteiger charge is 2.02. The smallest absolute Gasteiger partial charge is 0.248 e. The first-order valence-electron chi connectivity index (χ1n) is 8.78. The highest BCUT2D eigenvalue weighted by atomic mass is 16.5. The molecule has 0 bridgehead atoms. The van der Waals surface area contributed by atoms with E-state index in [1.165, 1.54) is 0 Å². The number of hydrogen-bond donors (Lipinski definition) is 3. The van der Waals surface area contributed by atoms with Crippen LogP contribution < -0.4 is 21.1 Å². The number of ether oxygens (including phenoxy) is 1. The number of nitrogens with zero attached hydrogens (tertiary/aromatic N) is 1. The van der Waals surface area contributed by atoms with E-state index >= 15 is 0 Å². The number of nitrogens with two attached hydrogens (primary N) is 1. The fraction of sp³-hybridized carbons (Fsp3) is 0.300. The van der Waals surface area contributed by atoms with Gasteiger partial charge in [0.1, 0.15) is 5.75 Å². The summed E-state index contributed by atoms with van der Waals surface area (Å²) in [6.45, 7) is 4.64. The summed E-state index contributed by atoms with van der Waals surface area (Å²) in [6.07, 6.45) is 0.858. The fourth-order valence-corrected chi connectivity index (χ4v) is 2.32. The van der Waals surface area contributed by atoms with E-state index in [0.29, 0.717) is 18.7 Å². The third kappa shape index (κ3) is 6.84. The summed E-state index contributed by atoms with van der Waals surface area (Å²) in [5.41, 5.74) is 6.74. The Labute approximate surface area is 154 Å². The molecule has 6 heteroatoms. The van der Waals surface area contributed by atoms with Crippen molar-refractivity contribution in [3.63, 3.8) is 0 Å². The van der Waals surface area contributed by atoms with Crippen LogP contribution >= 0.6 is 0 Å². The standard InChI is InChI=1S/C20H26N4O2/c1-2-22-20(23-12-7-13-26-18-10-4-3-5-11-18)24-15-16-8-6-9-17(14-16)19(21)25/h3-6,8-11,14H,2,7,12-13,15H2,1H3,(H2,21,25)(H2,22,23,24). The lowest BCUT2D eigenvalue weighted by Gasteiger charge is -2.12. The molecule has 0 spiro atoms. The number of aliphatic imine (C=N–C) groups is 1. The van der Waals surface area contributed by atoms with Gasteiger partial charge in [0.05, 0.1) is 13.2 Å². The minimum absolute atomic E-state index is 0.431. The number of carbonyl (C=O) groups is 1. The molecule has 0 aliphatic heterocycles. The van der Waals surface area contributed by atoms with E-state index in [9.17, 15) is 4.79 Å². The predicted octanol–water partition coefficient (Wildman–Crippen LogP) is 2.31. The minimum atomic E-state index is -0.431. The molecule has 0 radical (unpaired) electrons. The van der Waals surface area contributed by atoms with E-state index in [0.717, 1.165) is 36.8 Å². The molecule has 0 atom stereocenters. The monoisotopic (exact) mass is 354 g/mol. The Morgan fingerprint density at radius 2 is 1.92 bits per heavy atom. The van der Waals surface area contributed by atoms with Crippen molar-refractivity contribution in [2.24, 2.45) is 10.7 Å². The molecule has 138 valence electrons. The summed E-state index contributed by atoms with van der Waals surface area (Å²) in [7, 11) is 0. The second-order valence-electron chi connectivity index (χ2n) is 5.70. The van der Waals surface area contributed by atoms with Crippen LogP contribution in [0.2, 0.25) is 0 Å². The topological polar surface area (TPSA) is 88.7 Å². The summed E-state index contributed by atoms with van der Waals surface area (Å²) in [4.78, 5) is 15.8. The first-order valence-corrected chi connectivity index (χ1v) is 8.78. The highest BCUT2D eigenvalue weighted by molar-refractivity contribution is 5.92. The third-order valence-corrected chi connectivity index (χ3v) is 3.60. The molecule has 0 aliphatic rings. The summed E-state index contributed by atoms with van der Waals surface area (Å²) in [5, 5.41) is 6.49. The Kier molecular flexibility index (Phi) is 7.99. The largest absolute Gasteiger partial charge is 0.494 e.